The summed E-state index contributed by atoms with van der Waals surface area (Å²) in [5.74, 6) is 0.145. The van der Waals surface area contributed by atoms with Gasteiger partial charge in [-0.15, -0.1) is 0 Å². The summed E-state index contributed by atoms with van der Waals surface area (Å²) in [7, 11) is 0. The number of carbonyl (C=O) groups is 1. The maximum atomic E-state index is 11.6. The van der Waals surface area contributed by atoms with Gasteiger partial charge in [-0.1, -0.05) is 6.42 Å². The summed E-state index contributed by atoms with van der Waals surface area (Å²) >= 11 is 0. The molecular formula is C11H22N2O. The van der Waals surface area contributed by atoms with E-state index in [-0.39, 0.29) is 11.3 Å². The van der Waals surface area contributed by atoms with Crippen molar-refractivity contribution in [3.63, 3.8) is 0 Å². The monoisotopic (exact) mass is 198 g/mol. The normalized spacial score (nSPS) is 17.6. The molecule has 0 atom stereocenters. The Morgan fingerprint density at radius 3 is 2.50 bits per heavy atom. The van der Waals surface area contributed by atoms with Crippen LogP contribution in [0.5, 0.6) is 0 Å². The number of nitrogens with one attached hydrogen (secondary N) is 2. The van der Waals surface area contributed by atoms with Crippen molar-refractivity contribution in [3.8, 4) is 0 Å². The van der Waals surface area contributed by atoms with E-state index in [0.717, 1.165) is 6.54 Å². The highest BCUT2D eigenvalue weighted by Crippen LogP contribution is 2.20. The van der Waals surface area contributed by atoms with Crippen LogP contribution in [0.15, 0.2) is 0 Å². The molecular weight excluding hydrogens is 176 g/mol. The second-order valence-electron chi connectivity index (χ2n) is 4.75. The van der Waals surface area contributed by atoms with Crippen molar-refractivity contribution in [1.82, 2.24) is 10.6 Å². The Bertz CT molecular complexity index is 197. The first-order valence-electron chi connectivity index (χ1n) is 5.58. The van der Waals surface area contributed by atoms with Crippen LogP contribution in [0, 0.1) is 5.41 Å². The van der Waals surface area contributed by atoms with Crippen molar-refractivity contribution < 1.29 is 4.79 Å². The van der Waals surface area contributed by atoms with E-state index in [1.807, 2.05) is 20.8 Å². The Labute approximate surface area is 86.6 Å². The third kappa shape index (κ3) is 2.98. The Kier molecular flexibility index (Phi) is 3.93. The maximum absolute atomic E-state index is 11.6. The SMILES string of the molecule is CCNC(=O)C(C)(C)CNC1CCC1. The van der Waals surface area contributed by atoms with Gasteiger partial charge < -0.3 is 10.6 Å². The van der Waals surface area contributed by atoms with E-state index in [1.165, 1.54) is 19.3 Å². The van der Waals surface area contributed by atoms with Crippen molar-refractivity contribution in [1.29, 1.82) is 0 Å². The van der Waals surface area contributed by atoms with E-state index in [9.17, 15) is 4.79 Å². The van der Waals surface area contributed by atoms with Crippen LogP contribution in [0.3, 0.4) is 0 Å². The first-order valence-corrected chi connectivity index (χ1v) is 5.58. The van der Waals surface area contributed by atoms with Gasteiger partial charge in [-0.25, -0.2) is 0 Å². The van der Waals surface area contributed by atoms with Gasteiger partial charge in [0.1, 0.15) is 0 Å². The van der Waals surface area contributed by atoms with Crippen molar-refractivity contribution in [2.45, 2.75) is 46.1 Å². The number of hydrogen-bond acceptors (Lipinski definition) is 2. The fraction of sp³-hybridized carbons (Fsp3) is 0.909. The smallest absolute Gasteiger partial charge is 0.226 e. The van der Waals surface area contributed by atoms with Crippen LogP contribution in [0.25, 0.3) is 0 Å². The fourth-order valence-electron chi connectivity index (χ4n) is 1.49. The van der Waals surface area contributed by atoms with Gasteiger partial charge in [0.25, 0.3) is 0 Å². The minimum atomic E-state index is -0.286. The predicted octanol–water partition coefficient (Wildman–Crippen LogP) is 1.29. The van der Waals surface area contributed by atoms with E-state index in [1.54, 1.807) is 0 Å². The minimum Gasteiger partial charge on any atom is -0.356 e. The molecule has 2 N–H and O–H groups in total. The largest absolute Gasteiger partial charge is 0.356 e. The first-order chi connectivity index (χ1) is 6.56. The van der Waals surface area contributed by atoms with Crippen LogP contribution in [0.4, 0.5) is 0 Å². The van der Waals surface area contributed by atoms with E-state index < -0.39 is 0 Å². The van der Waals surface area contributed by atoms with Gasteiger partial charge in [0.05, 0.1) is 5.41 Å². The predicted molar refractivity (Wildman–Crippen MR) is 58.1 cm³/mol. The molecule has 0 aliphatic heterocycles. The second-order valence-corrected chi connectivity index (χ2v) is 4.75. The first kappa shape index (κ1) is 11.5. The zero-order chi connectivity index (χ0) is 10.6. The molecule has 0 aromatic heterocycles. The lowest BCUT2D eigenvalue weighted by Gasteiger charge is -2.31. The van der Waals surface area contributed by atoms with E-state index in [4.69, 9.17) is 0 Å². The molecule has 0 bridgehead atoms. The summed E-state index contributed by atoms with van der Waals surface area (Å²) in [4.78, 5) is 11.6. The Morgan fingerprint density at radius 2 is 2.07 bits per heavy atom. The summed E-state index contributed by atoms with van der Waals surface area (Å²) in [6, 6.07) is 0.656. The third-order valence-electron chi connectivity index (χ3n) is 2.89. The molecule has 3 heteroatoms. The number of rotatable bonds is 5. The fourth-order valence-corrected chi connectivity index (χ4v) is 1.49. The minimum absolute atomic E-state index is 0.145. The zero-order valence-electron chi connectivity index (χ0n) is 9.52. The van der Waals surface area contributed by atoms with Crippen molar-refractivity contribution in [2.75, 3.05) is 13.1 Å². The maximum Gasteiger partial charge on any atom is 0.226 e. The topological polar surface area (TPSA) is 41.1 Å². The molecule has 82 valence electrons. The van der Waals surface area contributed by atoms with Gasteiger partial charge in [0.15, 0.2) is 0 Å². The molecule has 0 aromatic carbocycles. The quantitative estimate of drug-likeness (QED) is 0.699. The van der Waals surface area contributed by atoms with Gasteiger partial charge in [0.2, 0.25) is 5.91 Å². The van der Waals surface area contributed by atoms with Crippen molar-refractivity contribution in [2.24, 2.45) is 5.41 Å². The summed E-state index contributed by atoms with van der Waals surface area (Å²) < 4.78 is 0. The van der Waals surface area contributed by atoms with Gasteiger partial charge in [0, 0.05) is 19.1 Å². The number of amides is 1. The Morgan fingerprint density at radius 1 is 1.43 bits per heavy atom. The molecule has 0 aromatic rings. The Hall–Kier alpha value is -0.570. The third-order valence-corrected chi connectivity index (χ3v) is 2.89. The van der Waals surface area contributed by atoms with Gasteiger partial charge in [-0.2, -0.15) is 0 Å². The summed E-state index contributed by atoms with van der Waals surface area (Å²) in [6.07, 6.45) is 3.87. The zero-order valence-corrected chi connectivity index (χ0v) is 9.52. The molecule has 1 fully saturated rings. The molecule has 0 heterocycles. The molecule has 0 saturated heterocycles. The van der Waals surface area contributed by atoms with Crippen molar-refractivity contribution in [3.05, 3.63) is 0 Å². The second kappa shape index (κ2) is 4.78. The molecule has 0 unspecified atom stereocenters. The van der Waals surface area contributed by atoms with E-state index >= 15 is 0 Å². The molecule has 0 radical (unpaired) electrons. The van der Waals surface area contributed by atoms with Crippen LogP contribution in [-0.2, 0) is 4.79 Å². The highest BCUT2D eigenvalue weighted by Gasteiger charge is 2.28. The van der Waals surface area contributed by atoms with Crippen LogP contribution in [0.1, 0.15) is 40.0 Å². The number of carbonyl (C=O) groups excluding carboxylic acids is 1. The molecule has 14 heavy (non-hydrogen) atoms. The lowest BCUT2D eigenvalue weighted by molar-refractivity contribution is -0.129. The molecule has 1 aliphatic carbocycles. The lowest BCUT2D eigenvalue weighted by atomic mass is 9.88. The van der Waals surface area contributed by atoms with Crippen molar-refractivity contribution >= 4 is 5.91 Å². The van der Waals surface area contributed by atoms with E-state index in [2.05, 4.69) is 10.6 Å². The summed E-state index contributed by atoms with van der Waals surface area (Å²) in [6.45, 7) is 7.43. The molecule has 1 rings (SSSR count). The highest BCUT2D eigenvalue weighted by molar-refractivity contribution is 5.81. The molecule has 1 amide bonds. The molecule has 1 saturated carbocycles. The van der Waals surface area contributed by atoms with Gasteiger partial charge in [-0.05, 0) is 33.6 Å². The average molecular weight is 198 g/mol. The van der Waals surface area contributed by atoms with Gasteiger partial charge in [-0.3, -0.25) is 4.79 Å². The highest BCUT2D eigenvalue weighted by atomic mass is 16.2. The Balaban J connectivity index is 2.27. The number of hydrogen-bond donors (Lipinski definition) is 2. The van der Waals surface area contributed by atoms with Crippen LogP contribution >= 0.6 is 0 Å². The summed E-state index contributed by atoms with van der Waals surface area (Å²) in [5, 5.41) is 6.30. The molecule has 0 spiro atoms. The average Bonchev–Trinajstić information content (AvgIpc) is 2.01. The van der Waals surface area contributed by atoms with Crippen LogP contribution in [0.2, 0.25) is 0 Å². The van der Waals surface area contributed by atoms with E-state index in [0.29, 0.717) is 12.6 Å². The molecule has 1 aliphatic rings. The standard InChI is InChI=1S/C11H22N2O/c1-4-12-10(14)11(2,3)8-13-9-6-5-7-9/h9,13H,4-8H2,1-3H3,(H,12,14). The van der Waals surface area contributed by atoms with Gasteiger partial charge >= 0.3 is 0 Å². The van der Waals surface area contributed by atoms with Crippen LogP contribution in [-0.4, -0.2) is 25.0 Å². The van der Waals surface area contributed by atoms with Crippen LogP contribution < -0.4 is 10.6 Å². The lowest BCUT2D eigenvalue weighted by Crippen LogP contribution is -2.47. The summed E-state index contributed by atoms with van der Waals surface area (Å²) in [5.41, 5.74) is -0.286. The molecule has 3 nitrogen and oxygen atoms in total.